The van der Waals surface area contributed by atoms with Crippen LogP contribution in [0, 0.1) is 11.3 Å². The van der Waals surface area contributed by atoms with Gasteiger partial charge < -0.3 is 9.47 Å². The van der Waals surface area contributed by atoms with E-state index >= 15 is 0 Å². The van der Waals surface area contributed by atoms with Gasteiger partial charge in [-0.05, 0) is 0 Å². The molecule has 4 nitrogen and oxygen atoms in total. The van der Waals surface area contributed by atoms with Gasteiger partial charge >= 0.3 is 0 Å². The Kier molecular flexibility index (Phi) is 2.93. The lowest BCUT2D eigenvalue weighted by Gasteiger charge is -2.07. The van der Waals surface area contributed by atoms with Gasteiger partial charge in [-0.1, -0.05) is 11.6 Å². The Morgan fingerprint density at radius 1 is 1.46 bits per heavy atom. The van der Waals surface area contributed by atoms with E-state index in [9.17, 15) is 0 Å². The molecule has 0 atom stereocenters. The van der Waals surface area contributed by atoms with Gasteiger partial charge in [0.15, 0.2) is 11.3 Å². The van der Waals surface area contributed by atoms with Gasteiger partial charge in [0.2, 0.25) is 5.88 Å². The molecule has 1 rings (SSSR count). The molecule has 0 N–H and O–H groups in total. The van der Waals surface area contributed by atoms with Crippen molar-refractivity contribution in [1.29, 1.82) is 5.26 Å². The Bertz CT molecular complexity index is 360. The molecule has 0 aliphatic carbocycles. The fourth-order valence-corrected chi connectivity index (χ4v) is 1.13. The molecule has 1 aromatic heterocycles. The molecule has 13 heavy (non-hydrogen) atoms. The Labute approximate surface area is 80.7 Å². The number of hydrogen-bond donors (Lipinski definition) is 0. The molecule has 1 aromatic rings. The van der Waals surface area contributed by atoms with Crippen molar-refractivity contribution in [2.45, 2.75) is 0 Å². The van der Waals surface area contributed by atoms with E-state index in [1.165, 1.54) is 20.4 Å². The lowest BCUT2D eigenvalue weighted by Crippen LogP contribution is -1.96. The minimum atomic E-state index is 0.206. The van der Waals surface area contributed by atoms with Crippen molar-refractivity contribution < 1.29 is 9.47 Å². The van der Waals surface area contributed by atoms with Crippen LogP contribution in [0.4, 0.5) is 0 Å². The van der Waals surface area contributed by atoms with Crippen LogP contribution < -0.4 is 9.47 Å². The first-order valence-corrected chi connectivity index (χ1v) is 3.79. The molecular formula is C8H7ClN2O2. The average Bonchev–Trinajstić information content (AvgIpc) is 2.17. The van der Waals surface area contributed by atoms with Crippen LogP contribution in [-0.2, 0) is 0 Å². The Balaban J connectivity index is 3.39. The zero-order valence-corrected chi connectivity index (χ0v) is 7.92. The number of hydrogen-bond acceptors (Lipinski definition) is 4. The van der Waals surface area contributed by atoms with Crippen LogP contribution in [0.25, 0.3) is 0 Å². The van der Waals surface area contributed by atoms with Crippen LogP contribution in [0.15, 0.2) is 6.20 Å². The number of rotatable bonds is 2. The molecule has 0 bridgehead atoms. The molecule has 0 aliphatic rings. The van der Waals surface area contributed by atoms with E-state index in [0.717, 1.165) is 0 Å². The van der Waals surface area contributed by atoms with Crippen molar-refractivity contribution >= 4 is 11.6 Å². The van der Waals surface area contributed by atoms with Crippen molar-refractivity contribution in [3.8, 4) is 17.7 Å². The molecule has 5 heteroatoms. The van der Waals surface area contributed by atoms with E-state index in [1.54, 1.807) is 0 Å². The van der Waals surface area contributed by atoms with E-state index in [1.807, 2.05) is 6.07 Å². The first-order chi connectivity index (χ1) is 6.24. The third-order valence-electron chi connectivity index (χ3n) is 1.46. The maximum absolute atomic E-state index is 8.78. The predicted molar refractivity (Wildman–Crippen MR) is 47.1 cm³/mol. The standard InChI is InChI=1S/C8H7ClN2O2/c1-12-7-5(3-10)8(13-2)11-4-6(7)9/h4H,1-2H3. The fraction of sp³-hybridized carbons (Fsp3) is 0.250. The van der Waals surface area contributed by atoms with Crippen LogP contribution in [0.3, 0.4) is 0 Å². The summed E-state index contributed by atoms with van der Waals surface area (Å²) in [6, 6.07) is 1.91. The highest BCUT2D eigenvalue weighted by Crippen LogP contribution is 2.32. The molecule has 1 heterocycles. The van der Waals surface area contributed by atoms with Crippen molar-refractivity contribution in [3.63, 3.8) is 0 Å². The molecule has 0 unspecified atom stereocenters. The van der Waals surface area contributed by atoms with Gasteiger partial charge in [0.25, 0.3) is 0 Å². The molecule has 0 spiro atoms. The smallest absolute Gasteiger partial charge is 0.235 e. The molecule has 0 radical (unpaired) electrons. The van der Waals surface area contributed by atoms with E-state index in [4.69, 9.17) is 26.3 Å². The second kappa shape index (κ2) is 3.97. The summed E-state index contributed by atoms with van der Waals surface area (Å²) >= 11 is 5.74. The molecule has 0 aliphatic heterocycles. The number of methoxy groups -OCH3 is 2. The summed E-state index contributed by atoms with van der Waals surface area (Å²) in [5.41, 5.74) is 0.206. The monoisotopic (exact) mass is 198 g/mol. The van der Waals surface area contributed by atoms with E-state index in [2.05, 4.69) is 4.98 Å². The highest BCUT2D eigenvalue weighted by molar-refractivity contribution is 6.32. The van der Waals surface area contributed by atoms with Gasteiger partial charge in [-0.2, -0.15) is 5.26 Å². The van der Waals surface area contributed by atoms with Crippen LogP contribution in [0.5, 0.6) is 11.6 Å². The first kappa shape index (κ1) is 9.62. The third-order valence-corrected chi connectivity index (χ3v) is 1.73. The van der Waals surface area contributed by atoms with Crippen molar-refractivity contribution in [2.24, 2.45) is 0 Å². The summed E-state index contributed by atoms with van der Waals surface area (Å²) in [5, 5.41) is 9.07. The lowest BCUT2D eigenvalue weighted by molar-refractivity contribution is 0.380. The largest absolute Gasteiger partial charge is 0.494 e. The second-order valence-electron chi connectivity index (χ2n) is 2.14. The molecule has 0 amide bonds. The lowest BCUT2D eigenvalue weighted by atomic mass is 10.2. The molecule has 0 saturated carbocycles. The maximum Gasteiger partial charge on any atom is 0.235 e. The quantitative estimate of drug-likeness (QED) is 0.725. The van der Waals surface area contributed by atoms with Crippen LogP contribution in [0.1, 0.15) is 5.56 Å². The summed E-state index contributed by atoms with van der Waals surface area (Å²) in [4.78, 5) is 3.82. The average molecular weight is 199 g/mol. The van der Waals surface area contributed by atoms with Gasteiger partial charge in [0.1, 0.15) is 11.1 Å². The van der Waals surface area contributed by atoms with Gasteiger partial charge in [-0.3, -0.25) is 0 Å². The first-order valence-electron chi connectivity index (χ1n) is 3.41. The second-order valence-corrected chi connectivity index (χ2v) is 2.54. The Morgan fingerprint density at radius 2 is 2.15 bits per heavy atom. The minimum absolute atomic E-state index is 0.206. The van der Waals surface area contributed by atoms with Gasteiger partial charge in [0, 0.05) is 0 Å². The number of ether oxygens (including phenoxy) is 2. The van der Waals surface area contributed by atoms with Gasteiger partial charge in [-0.15, -0.1) is 0 Å². The fourth-order valence-electron chi connectivity index (χ4n) is 0.908. The Hall–Kier alpha value is -1.47. The van der Waals surface area contributed by atoms with Gasteiger partial charge in [-0.25, -0.2) is 4.98 Å². The number of nitriles is 1. The minimum Gasteiger partial charge on any atom is -0.494 e. The van der Waals surface area contributed by atoms with Crippen molar-refractivity contribution in [3.05, 3.63) is 16.8 Å². The van der Waals surface area contributed by atoms with Crippen molar-refractivity contribution in [2.75, 3.05) is 14.2 Å². The Morgan fingerprint density at radius 3 is 2.62 bits per heavy atom. The third kappa shape index (κ3) is 1.65. The van der Waals surface area contributed by atoms with E-state index < -0.39 is 0 Å². The molecule has 0 aromatic carbocycles. The zero-order chi connectivity index (χ0) is 9.84. The van der Waals surface area contributed by atoms with Gasteiger partial charge in [0.05, 0.1) is 20.4 Å². The zero-order valence-electron chi connectivity index (χ0n) is 7.17. The number of pyridine rings is 1. The van der Waals surface area contributed by atoms with Crippen molar-refractivity contribution in [1.82, 2.24) is 4.98 Å². The highest BCUT2D eigenvalue weighted by Gasteiger charge is 2.14. The summed E-state index contributed by atoms with van der Waals surface area (Å²) in [6.45, 7) is 0. The number of aromatic nitrogens is 1. The summed E-state index contributed by atoms with van der Waals surface area (Å²) in [7, 11) is 2.86. The van der Waals surface area contributed by atoms with E-state index in [-0.39, 0.29) is 17.2 Å². The molecule has 0 fully saturated rings. The SMILES string of the molecule is COc1ncc(Cl)c(OC)c1C#N. The molecule has 0 saturated heterocycles. The predicted octanol–water partition coefficient (Wildman–Crippen LogP) is 1.62. The summed E-state index contributed by atoms with van der Waals surface area (Å²) in [5.74, 6) is 0.500. The van der Waals surface area contributed by atoms with Crippen LogP contribution in [-0.4, -0.2) is 19.2 Å². The topological polar surface area (TPSA) is 55.1 Å². The normalized spacial score (nSPS) is 9.08. The highest BCUT2D eigenvalue weighted by atomic mass is 35.5. The molecular weight excluding hydrogens is 192 g/mol. The van der Waals surface area contributed by atoms with Crippen LogP contribution in [0.2, 0.25) is 5.02 Å². The molecule has 68 valence electrons. The number of nitrogens with zero attached hydrogens (tertiary/aromatic N) is 2. The summed E-state index contributed by atoms with van der Waals surface area (Å²) < 4.78 is 9.80. The van der Waals surface area contributed by atoms with E-state index in [0.29, 0.717) is 5.02 Å². The number of halogens is 1. The summed E-state index contributed by atoms with van der Waals surface area (Å²) in [6.07, 6.45) is 1.38. The van der Waals surface area contributed by atoms with Crippen LogP contribution >= 0.6 is 11.6 Å². The maximum atomic E-state index is 8.78.